The van der Waals surface area contributed by atoms with Crippen LogP contribution in [-0.4, -0.2) is 5.78 Å². The highest BCUT2D eigenvalue weighted by Gasteiger charge is 2.05. The van der Waals surface area contributed by atoms with Crippen molar-refractivity contribution in [1.82, 2.24) is 0 Å². The van der Waals surface area contributed by atoms with Gasteiger partial charge in [-0.15, -0.1) is 0 Å². The molecule has 0 heterocycles. The first-order chi connectivity index (χ1) is 11.8. The van der Waals surface area contributed by atoms with Gasteiger partial charge in [-0.3, -0.25) is 4.79 Å². The number of hydrogen-bond acceptors (Lipinski definition) is 1. The predicted octanol–water partition coefficient (Wildman–Crippen LogP) is 8.20. The molecule has 25 heavy (non-hydrogen) atoms. The minimum absolute atomic E-state index is 0.113. The third kappa shape index (κ3) is 15.6. The summed E-state index contributed by atoms with van der Waals surface area (Å²) in [6, 6.07) is 7.64. The lowest BCUT2D eigenvalue weighted by Crippen LogP contribution is -1.99. The Morgan fingerprint density at radius 2 is 1.44 bits per heavy atom. The van der Waals surface area contributed by atoms with E-state index >= 15 is 0 Å². The number of ketones is 1. The maximum atomic E-state index is 11.6. The second kappa shape index (κ2) is 18.7. The van der Waals surface area contributed by atoms with Crippen molar-refractivity contribution in [3.05, 3.63) is 58.7 Å². The van der Waals surface area contributed by atoms with Gasteiger partial charge in [-0.2, -0.15) is 0 Å². The Morgan fingerprint density at radius 1 is 1.00 bits per heavy atom. The first-order valence-electron chi connectivity index (χ1n) is 9.71. The van der Waals surface area contributed by atoms with Gasteiger partial charge < -0.3 is 0 Å². The summed E-state index contributed by atoms with van der Waals surface area (Å²) in [6.45, 7) is 22.5. The standard InChI is InChI=1S/C12H14O.C8H16.2C2H6/c1-4-10(3)12(13)11-7-5-9(2)6-8-11;1-5-8(4)6-7(2)3;2*1-2/h4-8H,1-3H3;6,8H,5H2,1-4H3;2*1-2H3/b10-4+;;;. The van der Waals surface area contributed by atoms with Crippen molar-refractivity contribution in [2.45, 2.75) is 82.6 Å². The lowest BCUT2D eigenvalue weighted by molar-refractivity contribution is 0.103. The molecular formula is C24H42O. The maximum Gasteiger partial charge on any atom is 0.188 e. The van der Waals surface area contributed by atoms with Gasteiger partial charge in [0.2, 0.25) is 0 Å². The number of hydrogen-bond donors (Lipinski definition) is 0. The van der Waals surface area contributed by atoms with Crippen molar-refractivity contribution >= 4 is 5.78 Å². The molecule has 0 amide bonds. The van der Waals surface area contributed by atoms with Crippen LogP contribution in [0.25, 0.3) is 0 Å². The molecular weight excluding hydrogens is 304 g/mol. The Kier molecular flexibility index (Phi) is 21.1. The molecule has 0 aromatic heterocycles. The number of carbonyl (C=O) groups excluding carboxylic acids is 1. The molecule has 1 nitrogen and oxygen atoms in total. The molecule has 0 bridgehead atoms. The van der Waals surface area contributed by atoms with Crippen LogP contribution in [0.3, 0.4) is 0 Å². The molecule has 0 saturated carbocycles. The van der Waals surface area contributed by atoms with E-state index in [1.54, 1.807) is 0 Å². The lowest BCUT2D eigenvalue weighted by Gasteiger charge is -2.00. The highest BCUT2D eigenvalue weighted by molar-refractivity contribution is 6.08. The van der Waals surface area contributed by atoms with Crippen LogP contribution in [0, 0.1) is 12.8 Å². The summed E-state index contributed by atoms with van der Waals surface area (Å²) in [5.41, 5.74) is 4.17. The minimum atomic E-state index is 0.113. The van der Waals surface area contributed by atoms with Gasteiger partial charge >= 0.3 is 0 Å². The van der Waals surface area contributed by atoms with E-state index in [0.29, 0.717) is 0 Å². The van der Waals surface area contributed by atoms with Crippen LogP contribution >= 0.6 is 0 Å². The fraction of sp³-hybridized carbons (Fsp3) is 0.542. The summed E-state index contributed by atoms with van der Waals surface area (Å²) < 4.78 is 0. The number of Topliss-reactive ketones (excluding diaryl/α,β-unsaturated/α-hetero) is 1. The van der Waals surface area contributed by atoms with Gasteiger partial charge in [0.25, 0.3) is 0 Å². The molecule has 1 aromatic carbocycles. The molecule has 0 aliphatic heterocycles. The monoisotopic (exact) mass is 346 g/mol. The van der Waals surface area contributed by atoms with Gasteiger partial charge in [0.1, 0.15) is 0 Å². The van der Waals surface area contributed by atoms with E-state index in [1.165, 1.54) is 17.6 Å². The minimum Gasteiger partial charge on any atom is -0.289 e. The summed E-state index contributed by atoms with van der Waals surface area (Å²) in [5.74, 6) is 0.877. The van der Waals surface area contributed by atoms with Gasteiger partial charge in [0.15, 0.2) is 5.78 Å². The van der Waals surface area contributed by atoms with Crippen molar-refractivity contribution in [1.29, 1.82) is 0 Å². The molecule has 1 aromatic rings. The first-order valence-corrected chi connectivity index (χ1v) is 9.71. The molecule has 1 unspecified atom stereocenters. The van der Waals surface area contributed by atoms with Gasteiger partial charge in [-0.1, -0.05) is 95.5 Å². The number of carbonyl (C=O) groups is 1. The topological polar surface area (TPSA) is 17.1 Å². The van der Waals surface area contributed by atoms with Crippen LogP contribution in [-0.2, 0) is 0 Å². The lowest BCUT2D eigenvalue weighted by atomic mass is 10.0. The summed E-state index contributed by atoms with van der Waals surface area (Å²) in [4.78, 5) is 11.6. The van der Waals surface area contributed by atoms with Crippen LogP contribution < -0.4 is 0 Å². The molecule has 0 spiro atoms. The largest absolute Gasteiger partial charge is 0.289 e. The van der Waals surface area contributed by atoms with E-state index in [4.69, 9.17) is 0 Å². The fourth-order valence-corrected chi connectivity index (χ4v) is 1.75. The van der Waals surface area contributed by atoms with Crippen LogP contribution in [0.15, 0.2) is 47.6 Å². The van der Waals surface area contributed by atoms with Crippen LogP contribution in [0.4, 0.5) is 0 Å². The van der Waals surface area contributed by atoms with Gasteiger partial charge in [-0.05, 0) is 46.1 Å². The second-order valence-electron chi connectivity index (χ2n) is 5.80. The Morgan fingerprint density at radius 3 is 1.72 bits per heavy atom. The maximum absolute atomic E-state index is 11.6. The number of benzene rings is 1. The van der Waals surface area contributed by atoms with Crippen LogP contribution in [0.1, 0.15) is 91.6 Å². The zero-order valence-corrected chi connectivity index (χ0v) is 18.7. The first kappa shape index (κ1) is 28.2. The van der Waals surface area contributed by atoms with E-state index in [2.05, 4.69) is 33.8 Å². The van der Waals surface area contributed by atoms with Gasteiger partial charge in [0.05, 0.1) is 0 Å². The van der Waals surface area contributed by atoms with Crippen molar-refractivity contribution in [3.63, 3.8) is 0 Å². The average molecular weight is 347 g/mol. The Labute approximate surface area is 158 Å². The smallest absolute Gasteiger partial charge is 0.188 e. The van der Waals surface area contributed by atoms with Crippen molar-refractivity contribution < 1.29 is 4.79 Å². The van der Waals surface area contributed by atoms with E-state index in [1.807, 2.05) is 78.8 Å². The van der Waals surface area contributed by atoms with Gasteiger partial charge in [-0.25, -0.2) is 0 Å². The van der Waals surface area contributed by atoms with E-state index < -0.39 is 0 Å². The number of aryl methyl sites for hydroxylation is 1. The van der Waals surface area contributed by atoms with Crippen molar-refractivity contribution in [2.24, 2.45) is 5.92 Å². The van der Waals surface area contributed by atoms with Gasteiger partial charge in [0, 0.05) is 5.56 Å². The van der Waals surface area contributed by atoms with Crippen molar-refractivity contribution in [2.75, 3.05) is 0 Å². The summed E-state index contributed by atoms with van der Waals surface area (Å²) >= 11 is 0. The highest BCUT2D eigenvalue weighted by Crippen LogP contribution is 2.09. The van der Waals surface area contributed by atoms with E-state index in [-0.39, 0.29) is 5.78 Å². The average Bonchev–Trinajstić information content (AvgIpc) is 2.64. The summed E-state index contributed by atoms with van der Waals surface area (Å²) in [7, 11) is 0. The Hall–Kier alpha value is -1.63. The van der Waals surface area contributed by atoms with Crippen molar-refractivity contribution in [3.8, 4) is 0 Å². The summed E-state index contributed by atoms with van der Waals surface area (Å²) in [5, 5.41) is 0. The molecule has 0 fully saturated rings. The molecule has 0 aliphatic rings. The van der Waals surface area contributed by atoms with Crippen LogP contribution in [0.5, 0.6) is 0 Å². The SMILES string of the molecule is C/C=C(\C)C(=O)c1ccc(C)cc1.CC.CC.CCC(C)C=C(C)C. The molecule has 0 N–H and O–H groups in total. The van der Waals surface area contributed by atoms with E-state index in [0.717, 1.165) is 17.1 Å². The summed E-state index contributed by atoms with van der Waals surface area (Å²) in [6.07, 6.45) is 5.40. The fourth-order valence-electron chi connectivity index (χ4n) is 1.75. The second-order valence-corrected chi connectivity index (χ2v) is 5.80. The molecule has 1 heteroatoms. The predicted molar refractivity (Wildman–Crippen MR) is 117 cm³/mol. The zero-order chi connectivity index (χ0) is 20.4. The third-order valence-corrected chi connectivity index (χ3v) is 3.37. The molecule has 144 valence electrons. The van der Waals surface area contributed by atoms with E-state index in [9.17, 15) is 4.79 Å². The third-order valence-electron chi connectivity index (χ3n) is 3.37. The molecule has 1 rings (SSSR count). The number of rotatable bonds is 4. The molecule has 0 saturated heterocycles. The normalized spacial score (nSPS) is 10.6. The molecule has 0 aliphatic carbocycles. The Balaban J connectivity index is -0.000000348. The Bertz CT molecular complexity index is 485. The van der Waals surface area contributed by atoms with Crippen LogP contribution in [0.2, 0.25) is 0 Å². The molecule has 0 radical (unpaired) electrons. The zero-order valence-electron chi connectivity index (χ0n) is 18.7. The molecule has 1 atom stereocenters. The quantitative estimate of drug-likeness (QED) is 0.305. The number of allylic oxidation sites excluding steroid dienone is 4. The highest BCUT2D eigenvalue weighted by atomic mass is 16.1.